The Morgan fingerprint density at radius 1 is 0.919 bits per heavy atom. The van der Waals surface area contributed by atoms with Crippen molar-refractivity contribution in [2.75, 3.05) is 0 Å². The van der Waals surface area contributed by atoms with E-state index in [9.17, 15) is 2.74 Å². The first kappa shape index (κ1) is 10.0. The fraction of sp³-hybridized carbons (Fsp3) is 0.353. The number of aromatic nitrogens is 2. The molecule has 1 aliphatic carbocycles. The highest BCUT2D eigenvalue weighted by Crippen LogP contribution is 2.56. The van der Waals surface area contributed by atoms with E-state index in [-0.39, 0.29) is 38.9 Å². The van der Waals surface area contributed by atoms with Crippen LogP contribution in [0.5, 0.6) is 0 Å². The molecule has 3 nitrogen and oxygen atoms in total. The van der Waals surface area contributed by atoms with E-state index in [0.717, 1.165) is 6.07 Å². The van der Waals surface area contributed by atoms with Crippen molar-refractivity contribution >= 4 is 22.1 Å². The highest BCUT2D eigenvalue weighted by atomic mass is 16.3. The van der Waals surface area contributed by atoms with Crippen LogP contribution in [0.1, 0.15) is 98.2 Å². The lowest BCUT2D eigenvalue weighted by molar-refractivity contribution is -0.660. The fourth-order valence-electron chi connectivity index (χ4n) is 5.45. The van der Waals surface area contributed by atoms with E-state index in [1.54, 1.807) is 26.1 Å². The summed E-state index contributed by atoms with van der Waals surface area (Å²) < 4.78 is 187. The van der Waals surface area contributed by atoms with E-state index in [2.05, 4.69) is 4.98 Å². The van der Waals surface area contributed by atoms with E-state index in [1.807, 2.05) is 0 Å². The van der Waals surface area contributed by atoms with Crippen molar-refractivity contribution in [2.24, 2.45) is 18.8 Å². The lowest BCUT2D eigenvalue weighted by atomic mass is 9.64. The molecule has 0 saturated carbocycles. The van der Waals surface area contributed by atoms with Crippen LogP contribution in [0.15, 0.2) is 65.2 Å². The van der Waals surface area contributed by atoms with Crippen LogP contribution in [-0.2, 0) is 12.5 Å². The molecule has 0 aliphatic heterocycles. The SMILES string of the molecule is [2H]C([2H])([2H])C([2H])(c1cc[n+](C)c(-c2c(C)ccc3c2oc2nc4c(cc23)-c2ccccc2C4(C([2H])(C([2H])([2H])[2H])C([2H])([2H])[2H])C([2H])(C([2H])([2H])[2H])C([2H])([2H])[2H])c1)C([2H])([2H])[2H]. The maximum Gasteiger partial charge on any atom is 0.227 e. The molecule has 0 amide bonds. The normalized spacial score (nSPS) is 25.6. The van der Waals surface area contributed by atoms with Gasteiger partial charge in [0.2, 0.25) is 11.4 Å². The van der Waals surface area contributed by atoms with Gasteiger partial charge in [-0.05, 0) is 52.9 Å². The minimum Gasteiger partial charge on any atom is -0.437 e. The lowest BCUT2D eigenvalue weighted by Crippen LogP contribution is -2.38. The molecule has 188 valence electrons. The third kappa shape index (κ3) is 3.19. The molecule has 3 aromatic heterocycles. The van der Waals surface area contributed by atoms with Crippen molar-refractivity contribution in [3.05, 3.63) is 83.2 Å². The highest BCUT2D eigenvalue weighted by Gasteiger charge is 2.49. The zero-order valence-electron chi connectivity index (χ0n) is 41.1. The minimum absolute atomic E-state index is 0.0312. The van der Waals surface area contributed by atoms with Gasteiger partial charge in [0.05, 0.1) is 11.3 Å². The molecular formula is C34H37N2O+. The first-order chi connectivity index (χ1) is 26.1. The van der Waals surface area contributed by atoms with Gasteiger partial charge in [0.1, 0.15) is 7.05 Å². The monoisotopic (exact) mass is 510 g/mol. The second kappa shape index (κ2) is 8.28. The number of pyridine rings is 2. The number of fused-ring (bicyclic) bond motifs is 6. The molecule has 3 heteroatoms. The number of hydrogen-bond acceptors (Lipinski definition) is 2. The Kier molecular flexibility index (Phi) is 2.24. The summed E-state index contributed by atoms with van der Waals surface area (Å²) in [4.78, 5) is 4.56. The Bertz CT molecular complexity index is 2380. The predicted molar refractivity (Wildman–Crippen MR) is 153 cm³/mol. The number of furan rings is 1. The van der Waals surface area contributed by atoms with Crippen LogP contribution >= 0.6 is 0 Å². The van der Waals surface area contributed by atoms with Crippen LogP contribution in [0, 0.1) is 18.7 Å². The van der Waals surface area contributed by atoms with E-state index in [4.69, 9.17) is 30.5 Å². The summed E-state index contributed by atoms with van der Waals surface area (Å²) in [5.41, 5.74) is -4.90. The molecule has 1 aliphatic rings. The minimum atomic E-state index is -4.06. The molecule has 0 fully saturated rings. The molecule has 0 bridgehead atoms. The van der Waals surface area contributed by atoms with Crippen LogP contribution in [-0.4, -0.2) is 4.98 Å². The van der Waals surface area contributed by atoms with Crippen molar-refractivity contribution in [3.8, 4) is 22.4 Å². The number of rotatable bonds is 4. The van der Waals surface area contributed by atoms with Gasteiger partial charge in [-0.15, -0.1) is 0 Å². The van der Waals surface area contributed by atoms with E-state index in [1.165, 1.54) is 47.2 Å². The molecule has 2 aromatic carbocycles. The van der Waals surface area contributed by atoms with Crippen molar-refractivity contribution in [2.45, 2.75) is 59.3 Å². The quantitative estimate of drug-likeness (QED) is 0.227. The Morgan fingerprint density at radius 2 is 1.70 bits per heavy atom. The van der Waals surface area contributed by atoms with Crippen molar-refractivity contribution in [3.63, 3.8) is 0 Å². The molecule has 0 saturated heterocycles. The second-order valence-electron chi connectivity index (χ2n) is 9.31. The summed E-state index contributed by atoms with van der Waals surface area (Å²) in [6.45, 7) is -20.9. The molecule has 5 aromatic rings. The smallest absolute Gasteiger partial charge is 0.227 e. The summed E-state index contributed by atoms with van der Waals surface area (Å²) in [6, 6.07) is 12.3. The molecule has 0 spiro atoms. The summed E-state index contributed by atoms with van der Waals surface area (Å²) in [5.74, 6) is -11.2. The molecule has 37 heavy (non-hydrogen) atoms. The highest BCUT2D eigenvalue weighted by molar-refractivity contribution is 6.10. The van der Waals surface area contributed by atoms with E-state index < -0.39 is 81.2 Å². The van der Waals surface area contributed by atoms with Gasteiger partial charge in [-0.1, -0.05) is 77.5 Å². The van der Waals surface area contributed by atoms with Gasteiger partial charge in [0.25, 0.3) is 0 Å². The molecule has 6 rings (SSSR count). The van der Waals surface area contributed by atoms with Crippen LogP contribution in [0.4, 0.5) is 0 Å². The Balaban J connectivity index is 1.82. The first-order valence-corrected chi connectivity index (χ1v) is 11.5. The van der Waals surface area contributed by atoms with Gasteiger partial charge in [0.15, 0.2) is 11.8 Å². The second-order valence-corrected chi connectivity index (χ2v) is 9.31. The van der Waals surface area contributed by atoms with Gasteiger partial charge in [-0.25, -0.2) is 9.55 Å². The molecule has 0 N–H and O–H groups in total. The average molecular weight is 511 g/mol. The molecule has 3 heterocycles. The third-order valence-electron chi connectivity index (χ3n) is 7.26. The standard InChI is InChI=1S/C34H37N2O/c1-19(2)23-15-16-36(8)29(17-23)30-22(7)13-14-25-27-18-26-24-11-9-10-12-28(24)34(20(3)4,21(5)6)32(26)35-33(27)37-31(25)30/h9-21H,1-8H3/q+1/i1D3,2D3,3D3,4D3,5D3,6D3,19D,20D,21D. The van der Waals surface area contributed by atoms with Crippen molar-refractivity contribution in [1.82, 2.24) is 4.98 Å². The summed E-state index contributed by atoms with van der Waals surface area (Å²) in [6.07, 6.45) is 1.37. The molecular weight excluding hydrogens is 452 g/mol. The first-order valence-electron chi connectivity index (χ1n) is 22.0. The number of nitrogens with zero attached hydrogens (tertiary/aromatic N) is 2. The summed E-state index contributed by atoms with van der Waals surface area (Å²) in [7, 11) is 1.57. The average Bonchev–Trinajstić information content (AvgIpc) is 3.56. The van der Waals surface area contributed by atoms with Gasteiger partial charge in [-0.2, -0.15) is 0 Å². The van der Waals surface area contributed by atoms with E-state index >= 15 is 0 Å². The van der Waals surface area contributed by atoms with Crippen molar-refractivity contribution < 1.29 is 37.8 Å². The van der Waals surface area contributed by atoms with Gasteiger partial charge < -0.3 is 4.42 Å². The summed E-state index contributed by atoms with van der Waals surface area (Å²) >= 11 is 0. The largest absolute Gasteiger partial charge is 0.437 e. The number of benzene rings is 2. The molecule has 0 radical (unpaired) electrons. The Morgan fingerprint density at radius 3 is 2.46 bits per heavy atom. The van der Waals surface area contributed by atoms with Crippen molar-refractivity contribution in [1.29, 1.82) is 0 Å². The van der Waals surface area contributed by atoms with Gasteiger partial charge in [0, 0.05) is 62.7 Å². The maximum absolute atomic E-state index is 9.60. The topological polar surface area (TPSA) is 29.9 Å². The molecule has 0 atom stereocenters. The number of hydrogen-bond donors (Lipinski definition) is 0. The Labute approximate surface area is 249 Å². The van der Waals surface area contributed by atoms with Crippen LogP contribution in [0.2, 0.25) is 0 Å². The van der Waals surface area contributed by atoms with Crippen LogP contribution in [0.25, 0.3) is 44.5 Å². The molecule has 0 unspecified atom stereocenters. The van der Waals surface area contributed by atoms with E-state index in [0.29, 0.717) is 10.9 Å². The summed E-state index contributed by atoms with van der Waals surface area (Å²) in [5, 5.41) is 0.485. The van der Waals surface area contributed by atoms with Crippen LogP contribution in [0.3, 0.4) is 0 Å². The zero-order chi connectivity index (χ0) is 44.0. The fourth-order valence-corrected chi connectivity index (χ4v) is 5.45. The van der Waals surface area contributed by atoms with Crippen LogP contribution < -0.4 is 4.57 Å². The number of aryl methyl sites for hydroxylation is 2. The third-order valence-corrected chi connectivity index (χ3v) is 7.26. The van der Waals surface area contributed by atoms with Gasteiger partial charge in [-0.3, -0.25) is 0 Å². The lowest BCUT2D eigenvalue weighted by Gasteiger charge is -2.39. The van der Waals surface area contributed by atoms with Gasteiger partial charge >= 0.3 is 0 Å². The zero-order valence-corrected chi connectivity index (χ0v) is 20.1. The maximum atomic E-state index is 9.60. The Hall–Kier alpha value is -3.46. The predicted octanol–water partition coefficient (Wildman–Crippen LogP) is 8.48.